The molecule has 0 saturated heterocycles. The van der Waals surface area contributed by atoms with Gasteiger partial charge in [0.2, 0.25) is 0 Å². The Balaban J connectivity index is 2.23. The fourth-order valence-electron chi connectivity index (χ4n) is 3.37. The lowest BCUT2D eigenvalue weighted by Gasteiger charge is -2.39. The molecule has 2 nitrogen and oxygen atoms in total. The molecule has 16 heavy (non-hydrogen) atoms. The number of fused-ring (bicyclic) bond motifs is 2. The Labute approximate surface area is 101 Å². The maximum Gasteiger partial charge on any atom is 0.155 e. The normalized spacial score (nSPS) is 27.2. The molecule has 0 spiro atoms. The number of aromatic nitrogens is 2. The Bertz CT molecular complexity index is 420. The van der Waals surface area contributed by atoms with Gasteiger partial charge in [0.05, 0.1) is 5.69 Å². The van der Waals surface area contributed by atoms with Crippen molar-refractivity contribution in [1.29, 1.82) is 0 Å². The van der Waals surface area contributed by atoms with Crippen LogP contribution in [-0.4, -0.2) is 10.2 Å². The molecule has 1 heterocycles. The predicted octanol–water partition coefficient (Wildman–Crippen LogP) is 4.01. The topological polar surface area (TPSA) is 25.8 Å². The molecule has 0 atom stereocenters. The van der Waals surface area contributed by atoms with Crippen molar-refractivity contribution in [3.05, 3.63) is 22.0 Å². The van der Waals surface area contributed by atoms with Crippen LogP contribution < -0.4 is 0 Å². The first-order chi connectivity index (χ1) is 7.68. The summed E-state index contributed by atoms with van der Waals surface area (Å²) < 4.78 is 0. The van der Waals surface area contributed by atoms with Gasteiger partial charge in [-0.05, 0) is 54.6 Å². The van der Waals surface area contributed by atoms with Crippen molar-refractivity contribution in [1.82, 2.24) is 10.2 Å². The van der Waals surface area contributed by atoms with E-state index in [1.165, 1.54) is 42.5 Å². The minimum absolute atomic E-state index is 0.456. The van der Waals surface area contributed by atoms with Crippen LogP contribution in [0.4, 0.5) is 0 Å². The Morgan fingerprint density at radius 2 is 1.56 bits per heavy atom. The summed E-state index contributed by atoms with van der Waals surface area (Å²) in [6.45, 7) is 4.39. The summed E-state index contributed by atoms with van der Waals surface area (Å²) in [5.74, 6) is 1.81. The van der Waals surface area contributed by atoms with Gasteiger partial charge in [-0.3, -0.25) is 0 Å². The van der Waals surface area contributed by atoms with Crippen LogP contribution in [0.25, 0.3) is 0 Å². The zero-order valence-corrected chi connectivity index (χ0v) is 10.6. The van der Waals surface area contributed by atoms with Crippen molar-refractivity contribution < 1.29 is 0 Å². The third-order valence-electron chi connectivity index (χ3n) is 4.12. The Morgan fingerprint density at radius 3 is 2.12 bits per heavy atom. The maximum atomic E-state index is 6.24. The summed E-state index contributed by atoms with van der Waals surface area (Å²) in [6.07, 6.45) is 5.22. The van der Waals surface area contributed by atoms with E-state index >= 15 is 0 Å². The van der Waals surface area contributed by atoms with Crippen LogP contribution >= 0.6 is 11.6 Å². The lowest BCUT2D eigenvalue weighted by Crippen LogP contribution is -2.25. The molecule has 2 bridgehead atoms. The van der Waals surface area contributed by atoms with E-state index in [4.69, 9.17) is 11.6 Å². The van der Waals surface area contributed by atoms with Crippen molar-refractivity contribution >= 4 is 11.6 Å². The molecule has 3 aliphatic rings. The molecule has 0 unspecified atom stereocenters. The van der Waals surface area contributed by atoms with Gasteiger partial charge in [-0.2, -0.15) is 5.10 Å². The van der Waals surface area contributed by atoms with E-state index in [1.54, 1.807) is 0 Å². The molecule has 1 saturated carbocycles. The molecule has 1 aromatic rings. The Morgan fingerprint density at radius 1 is 1.00 bits per heavy atom. The van der Waals surface area contributed by atoms with Crippen LogP contribution in [0, 0.1) is 0 Å². The number of hydrogen-bond donors (Lipinski definition) is 0. The molecule has 3 aliphatic carbocycles. The van der Waals surface area contributed by atoms with E-state index in [0.717, 1.165) is 0 Å². The third kappa shape index (κ3) is 1.39. The quantitative estimate of drug-likeness (QED) is 0.736. The Kier molecular flexibility index (Phi) is 2.43. The highest BCUT2D eigenvalue weighted by Crippen LogP contribution is 2.52. The molecule has 0 N–H and O–H groups in total. The first kappa shape index (κ1) is 10.5. The second-order valence-electron chi connectivity index (χ2n) is 5.41. The van der Waals surface area contributed by atoms with Gasteiger partial charge in [-0.15, -0.1) is 5.10 Å². The SMILES string of the molecule is CC(C)c1nnc(Cl)c2c1C1CCC2CC1. The molecule has 3 heteroatoms. The van der Waals surface area contributed by atoms with Crippen LogP contribution in [0.3, 0.4) is 0 Å². The standard InChI is InChI=1S/C13H17ClN2/c1-7(2)12-10-8-3-5-9(6-4-8)11(10)13(14)16-15-12/h7-9H,3-6H2,1-2H3. The van der Waals surface area contributed by atoms with Crippen molar-refractivity contribution in [3.63, 3.8) is 0 Å². The smallest absolute Gasteiger partial charge is 0.154 e. The van der Waals surface area contributed by atoms with Crippen LogP contribution in [-0.2, 0) is 0 Å². The minimum atomic E-state index is 0.456. The summed E-state index contributed by atoms with van der Waals surface area (Å²) in [7, 11) is 0. The van der Waals surface area contributed by atoms with E-state index in [9.17, 15) is 0 Å². The van der Waals surface area contributed by atoms with Gasteiger partial charge in [0.25, 0.3) is 0 Å². The van der Waals surface area contributed by atoms with Crippen molar-refractivity contribution in [2.75, 3.05) is 0 Å². The maximum absolute atomic E-state index is 6.24. The molecule has 1 fully saturated rings. The first-order valence-corrected chi connectivity index (χ1v) is 6.62. The average molecular weight is 237 g/mol. The summed E-state index contributed by atoms with van der Waals surface area (Å²) in [5, 5.41) is 9.14. The molecule has 4 rings (SSSR count). The van der Waals surface area contributed by atoms with Crippen molar-refractivity contribution in [3.8, 4) is 0 Å². The molecule has 0 aliphatic heterocycles. The first-order valence-electron chi connectivity index (χ1n) is 6.24. The fraction of sp³-hybridized carbons (Fsp3) is 0.692. The zero-order valence-electron chi connectivity index (χ0n) is 9.83. The molecule has 1 aromatic heterocycles. The van der Waals surface area contributed by atoms with Crippen LogP contribution in [0.15, 0.2) is 0 Å². The molecule has 0 amide bonds. The number of nitrogens with zero attached hydrogens (tertiary/aromatic N) is 2. The van der Waals surface area contributed by atoms with Gasteiger partial charge >= 0.3 is 0 Å². The van der Waals surface area contributed by atoms with Crippen molar-refractivity contribution in [2.45, 2.75) is 57.3 Å². The summed E-state index contributed by atoms with van der Waals surface area (Å²) in [5.41, 5.74) is 3.98. The number of hydrogen-bond acceptors (Lipinski definition) is 2. The molecule has 0 radical (unpaired) electrons. The van der Waals surface area contributed by atoms with E-state index in [1.807, 2.05) is 0 Å². The monoisotopic (exact) mass is 236 g/mol. The van der Waals surface area contributed by atoms with E-state index in [0.29, 0.717) is 22.9 Å². The second kappa shape index (κ2) is 3.69. The van der Waals surface area contributed by atoms with Gasteiger partial charge < -0.3 is 0 Å². The van der Waals surface area contributed by atoms with Crippen LogP contribution in [0.2, 0.25) is 5.15 Å². The van der Waals surface area contributed by atoms with Crippen molar-refractivity contribution in [2.24, 2.45) is 0 Å². The van der Waals surface area contributed by atoms with Gasteiger partial charge in [0.15, 0.2) is 5.15 Å². The molecular weight excluding hydrogens is 220 g/mol. The van der Waals surface area contributed by atoms with E-state index in [-0.39, 0.29) is 0 Å². The minimum Gasteiger partial charge on any atom is -0.154 e. The lowest BCUT2D eigenvalue weighted by molar-refractivity contribution is 0.352. The zero-order chi connectivity index (χ0) is 11.3. The lowest BCUT2D eigenvalue weighted by atomic mass is 9.66. The Hall–Kier alpha value is -0.630. The molecule has 86 valence electrons. The highest BCUT2D eigenvalue weighted by Gasteiger charge is 2.37. The summed E-state index contributed by atoms with van der Waals surface area (Å²) in [4.78, 5) is 0. The van der Waals surface area contributed by atoms with Crippen LogP contribution in [0.5, 0.6) is 0 Å². The van der Waals surface area contributed by atoms with Gasteiger partial charge in [-0.1, -0.05) is 25.4 Å². The van der Waals surface area contributed by atoms with Gasteiger partial charge in [0.1, 0.15) is 0 Å². The third-order valence-corrected chi connectivity index (χ3v) is 4.40. The van der Waals surface area contributed by atoms with E-state index < -0.39 is 0 Å². The summed E-state index contributed by atoms with van der Waals surface area (Å²) in [6, 6.07) is 0. The molecule has 0 aromatic carbocycles. The number of halogens is 1. The predicted molar refractivity (Wildman–Crippen MR) is 65.1 cm³/mol. The highest BCUT2D eigenvalue weighted by atomic mass is 35.5. The number of rotatable bonds is 1. The van der Waals surface area contributed by atoms with E-state index in [2.05, 4.69) is 24.0 Å². The summed E-state index contributed by atoms with van der Waals surface area (Å²) >= 11 is 6.24. The average Bonchev–Trinajstić information content (AvgIpc) is 2.30. The van der Waals surface area contributed by atoms with Crippen LogP contribution in [0.1, 0.15) is 74.1 Å². The fourth-order valence-corrected chi connectivity index (χ4v) is 3.66. The molecular formula is C13H17ClN2. The van der Waals surface area contributed by atoms with Gasteiger partial charge in [0, 0.05) is 0 Å². The highest BCUT2D eigenvalue weighted by molar-refractivity contribution is 6.30. The largest absolute Gasteiger partial charge is 0.155 e. The van der Waals surface area contributed by atoms with Gasteiger partial charge in [-0.25, -0.2) is 0 Å². The second-order valence-corrected chi connectivity index (χ2v) is 5.76.